The summed E-state index contributed by atoms with van der Waals surface area (Å²) >= 11 is 0. The third-order valence-electron chi connectivity index (χ3n) is 5.96. The first-order valence-electron chi connectivity index (χ1n) is 9.57. The molecule has 6 nitrogen and oxygen atoms in total. The number of hydrogen-bond donors (Lipinski definition) is 0. The summed E-state index contributed by atoms with van der Waals surface area (Å²) in [5.41, 5.74) is 0.625. The van der Waals surface area contributed by atoms with E-state index >= 15 is 0 Å². The summed E-state index contributed by atoms with van der Waals surface area (Å²) in [6.07, 6.45) is 3.69. The van der Waals surface area contributed by atoms with Gasteiger partial charge in [-0.25, -0.2) is 18.4 Å². The highest BCUT2D eigenvalue weighted by molar-refractivity contribution is 7.90. The van der Waals surface area contributed by atoms with Crippen molar-refractivity contribution in [2.24, 2.45) is 5.41 Å². The molecule has 2 atom stereocenters. The highest BCUT2D eigenvalue weighted by Crippen LogP contribution is 2.47. The molecule has 29 heavy (non-hydrogen) atoms. The second kappa shape index (κ2) is 6.99. The average molecular weight is 412 g/mol. The molecule has 152 valence electrons. The highest BCUT2D eigenvalue weighted by Gasteiger charge is 2.52. The van der Waals surface area contributed by atoms with Crippen molar-refractivity contribution >= 4 is 26.6 Å². The number of aromatic nitrogens is 2. The van der Waals surface area contributed by atoms with E-state index in [1.54, 1.807) is 18.2 Å². The molecular weight excluding hydrogens is 386 g/mol. The maximum absolute atomic E-state index is 12.0. The molecule has 0 saturated heterocycles. The number of benzene rings is 2. The molecule has 1 aliphatic carbocycles. The summed E-state index contributed by atoms with van der Waals surface area (Å²) in [7, 11) is -1.31. The fraction of sp³-hybridized carbons (Fsp3) is 0.364. The van der Waals surface area contributed by atoms with Gasteiger partial charge in [0.05, 0.1) is 10.4 Å². The van der Waals surface area contributed by atoms with Crippen LogP contribution in [0.5, 0.6) is 5.75 Å². The molecule has 0 radical (unpaired) electrons. The van der Waals surface area contributed by atoms with E-state index in [4.69, 9.17) is 4.74 Å². The first kappa shape index (κ1) is 19.6. The van der Waals surface area contributed by atoms with E-state index in [0.717, 1.165) is 28.9 Å². The summed E-state index contributed by atoms with van der Waals surface area (Å²) < 4.78 is 30.2. The van der Waals surface area contributed by atoms with Crippen molar-refractivity contribution in [2.45, 2.75) is 37.3 Å². The predicted octanol–water partition coefficient (Wildman–Crippen LogP) is 3.72. The van der Waals surface area contributed by atoms with Crippen LogP contribution >= 0.6 is 0 Å². The quantitative estimate of drug-likeness (QED) is 0.637. The zero-order valence-electron chi connectivity index (χ0n) is 17.0. The molecule has 1 aliphatic rings. The van der Waals surface area contributed by atoms with Crippen LogP contribution in [-0.4, -0.2) is 43.8 Å². The van der Waals surface area contributed by atoms with Gasteiger partial charge in [0.1, 0.15) is 24.0 Å². The number of anilines is 1. The Balaban J connectivity index is 1.63. The molecule has 1 aromatic heterocycles. The molecule has 0 amide bonds. The van der Waals surface area contributed by atoms with Gasteiger partial charge >= 0.3 is 0 Å². The Labute approximate surface area is 171 Å². The van der Waals surface area contributed by atoms with Crippen molar-refractivity contribution < 1.29 is 13.2 Å². The largest absolute Gasteiger partial charge is 0.490 e. The lowest BCUT2D eigenvalue weighted by Gasteiger charge is -2.55. The summed E-state index contributed by atoms with van der Waals surface area (Å²) in [5, 5.41) is 0.737. The van der Waals surface area contributed by atoms with Gasteiger partial charge in [0, 0.05) is 36.6 Å². The van der Waals surface area contributed by atoms with Crippen LogP contribution in [0.25, 0.3) is 10.9 Å². The Kier molecular flexibility index (Phi) is 4.73. The number of hydrogen-bond acceptors (Lipinski definition) is 6. The fourth-order valence-corrected chi connectivity index (χ4v) is 4.71. The minimum absolute atomic E-state index is 0.0945. The zero-order valence-corrected chi connectivity index (χ0v) is 17.8. The SMILES string of the molecule is CN(c1ncnc2ccc(S(C)(=O)=O)cc12)[C@@H]1C[C@H](Oc2ccccc2)C1(C)C. The van der Waals surface area contributed by atoms with Gasteiger partial charge in [-0.15, -0.1) is 0 Å². The zero-order chi connectivity index (χ0) is 20.8. The molecule has 1 saturated carbocycles. The fourth-order valence-electron chi connectivity index (χ4n) is 4.07. The second-order valence-electron chi connectivity index (χ2n) is 8.25. The van der Waals surface area contributed by atoms with Gasteiger partial charge in [-0.1, -0.05) is 32.0 Å². The van der Waals surface area contributed by atoms with Gasteiger partial charge in [0.2, 0.25) is 0 Å². The third-order valence-corrected chi connectivity index (χ3v) is 7.07. The molecule has 2 aromatic carbocycles. The van der Waals surface area contributed by atoms with Crippen LogP contribution in [-0.2, 0) is 9.84 Å². The summed E-state index contributed by atoms with van der Waals surface area (Å²) in [6, 6.07) is 15.0. The highest BCUT2D eigenvalue weighted by atomic mass is 32.2. The minimum atomic E-state index is -3.31. The van der Waals surface area contributed by atoms with Crippen molar-refractivity contribution in [3.63, 3.8) is 0 Å². The van der Waals surface area contributed by atoms with E-state index in [1.807, 2.05) is 37.4 Å². The second-order valence-corrected chi connectivity index (χ2v) is 10.3. The van der Waals surface area contributed by atoms with Gasteiger partial charge in [-0.2, -0.15) is 0 Å². The van der Waals surface area contributed by atoms with Gasteiger partial charge in [-0.3, -0.25) is 0 Å². The molecule has 3 aromatic rings. The van der Waals surface area contributed by atoms with Crippen LogP contribution in [0, 0.1) is 5.41 Å². The van der Waals surface area contributed by atoms with Crippen LogP contribution in [0.2, 0.25) is 0 Å². The lowest BCUT2D eigenvalue weighted by Crippen LogP contribution is -2.62. The Bertz CT molecular complexity index is 1150. The average Bonchev–Trinajstić information content (AvgIpc) is 2.69. The summed E-state index contributed by atoms with van der Waals surface area (Å²) in [4.78, 5) is 11.2. The monoisotopic (exact) mass is 411 g/mol. The lowest BCUT2D eigenvalue weighted by molar-refractivity contribution is -0.0416. The van der Waals surface area contributed by atoms with Gasteiger partial charge in [0.15, 0.2) is 9.84 Å². The van der Waals surface area contributed by atoms with Crippen molar-refractivity contribution in [3.8, 4) is 5.75 Å². The van der Waals surface area contributed by atoms with Crippen molar-refractivity contribution in [3.05, 3.63) is 54.9 Å². The third kappa shape index (κ3) is 3.55. The first-order chi connectivity index (χ1) is 13.7. The van der Waals surface area contributed by atoms with Gasteiger partial charge < -0.3 is 9.64 Å². The van der Waals surface area contributed by atoms with Gasteiger partial charge in [-0.05, 0) is 30.3 Å². The number of para-hydroxylation sites is 1. The van der Waals surface area contributed by atoms with Crippen LogP contribution in [0.1, 0.15) is 20.3 Å². The van der Waals surface area contributed by atoms with Crippen molar-refractivity contribution in [2.75, 3.05) is 18.2 Å². The molecule has 1 heterocycles. The summed E-state index contributed by atoms with van der Waals surface area (Å²) in [6.45, 7) is 4.38. The first-order valence-corrected chi connectivity index (χ1v) is 11.5. The molecule has 7 heteroatoms. The Hall–Kier alpha value is -2.67. The van der Waals surface area contributed by atoms with Crippen LogP contribution < -0.4 is 9.64 Å². The topological polar surface area (TPSA) is 72.4 Å². The van der Waals surface area contributed by atoms with Crippen molar-refractivity contribution in [1.29, 1.82) is 0 Å². The van der Waals surface area contributed by atoms with Gasteiger partial charge in [0.25, 0.3) is 0 Å². The Morgan fingerprint density at radius 2 is 1.83 bits per heavy atom. The number of ether oxygens (including phenoxy) is 1. The molecule has 0 spiro atoms. The van der Waals surface area contributed by atoms with E-state index in [-0.39, 0.29) is 22.5 Å². The van der Waals surface area contributed by atoms with Crippen molar-refractivity contribution in [1.82, 2.24) is 9.97 Å². The lowest BCUT2D eigenvalue weighted by atomic mass is 9.63. The standard InChI is InChI=1S/C22H25N3O3S/c1-22(2)19(13-20(22)28-15-8-6-5-7-9-15)25(3)21-17-12-16(29(4,26)27)10-11-18(17)23-14-24-21/h5-12,14,19-20H,13H2,1-4H3/t19-,20+/m1/s1. The normalized spacial score (nSPS) is 20.8. The number of nitrogens with zero attached hydrogens (tertiary/aromatic N) is 3. The maximum atomic E-state index is 12.0. The van der Waals surface area contributed by atoms with E-state index < -0.39 is 9.84 Å². The van der Waals surface area contributed by atoms with E-state index in [0.29, 0.717) is 0 Å². The molecule has 1 fully saturated rings. The molecule has 0 unspecified atom stereocenters. The van der Waals surface area contributed by atoms with E-state index in [2.05, 4.69) is 28.7 Å². The van der Waals surface area contributed by atoms with Crippen LogP contribution in [0.3, 0.4) is 0 Å². The molecular formula is C22H25N3O3S. The molecule has 0 bridgehead atoms. The number of rotatable bonds is 5. The maximum Gasteiger partial charge on any atom is 0.175 e. The van der Waals surface area contributed by atoms with Crippen LogP contribution in [0.15, 0.2) is 59.8 Å². The Morgan fingerprint density at radius 1 is 1.10 bits per heavy atom. The number of fused-ring (bicyclic) bond motifs is 1. The molecule has 0 N–H and O–H groups in total. The van der Waals surface area contributed by atoms with E-state index in [1.165, 1.54) is 12.6 Å². The van der Waals surface area contributed by atoms with E-state index in [9.17, 15) is 8.42 Å². The molecule has 4 rings (SSSR count). The number of sulfone groups is 1. The smallest absolute Gasteiger partial charge is 0.175 e. The Morgan fingerprint density at radius 3 is 2.48 bits per heavy atom. The summed E-state index contributed by atoms with van der Waals surface area (Å²) in [5.74, 6) is 1.61. The predicted molar refractivity (Wildman–Crippen MR) is 114 cm³/mol. The van der Waals surface area contributed by atoms with Crippen LogP contribution in [0.4, 0.5) is 5.82 Å². The molecule has 0 aliphatic heterocycles. The minimum Gasteiger partial charge on any atom is -0.490 e.